The number of piperidine rings is 1. The molecule has 17 nitrogen and oxygen atoms in total. The molecule has 3 atom stereocenters. The normalized spacial score (nSPS) is 17.6. The van der Waals surface area contributed by atoms with E-state index in [1.54, 1.807) is 48.3 Å². The van der Waals surface area contributed by atoms with Crippen molar-refractivity contribution in [3.63, 3.8) is 0 Å². The van der Waals surface area contributed by atoms with E-state index in [4.69, 9.17) is 15.9 Å². The quantitative estimate of drug-likeness (QED) is 0.0876. The number of hydrogen-bond donors (Lipinski definition) is 4. The van der Waals surface area contributed by atoms with Gasteiger partial charge in [0.15, 0.2) is 15.6 Å². The first-order chi connectivity index (χ1) is 30.2. The van der Waals surface area contributed by atoms with Crippen molar-refractivity contribution in [1.82, 2.24) is 29.8 Å². The van der Waals surface area contributed by atoms with E-state index in [0.717, 1.165) is 55.4 Å². The fourth-order valence-corrected chi connectivity index (χ4v) is 8.78. The molecule has 0 saturated carbocycles. The third-order valence-corrected chi connectivity index (χ3v) is 12.4. The number of allylic oxidation sites excluding steroid dienone is 1. The van der Waals surface area contributed by atoms with Crippen LogP contribution in [0.15, 0.2) is 84.2 Å². The maximum absolute atomic E-state index is 13.8. The highest BCUT2D eigenvalue weighted by molar-refractivity contribution is 7.90. The number of fused-ring (bicyclic) bond motifs is 3. The maximum Gasteiger partial charge on any atom is 0.255 e. The van der Waals surface area contributed by atoms with E-state index in [-0.39, 0.29) is 36.0 Å². The van der Waals surface area contributed by atoms with Crippen LogP contribution < -0.4 is 30.9 Å². The molecule has 5 heterocycles. The van der Waals surface area contributed by atoms with Crippen molar-refractivity contribution in [2.75, 3.05) is 41.5 Å². The van der Waals surface area contributed by atoms with E-state index in [1.165, 1.54) is 29.4 Å². The molecule has 0 bridgehead atoms. The Morgan fingerprint density at radius 3 is 2.56 bits per heavy atom. The average molecular weight is 880 g/mol. The number of nitrogens with one attached hydrogen (secondary N) is 3. The lowest BCUT2D eigenvalue weighted by Crippen LogP contribution is -2.69. The molecule has 2 aromatic heterocycles. The monoisotopic (exact) mass is 879 g/mol. The van der Waals surface area contributed by atoms with Crippen LogP contribution in [-0.4, -0.2) is 108 Å². The predicted octanol–water partition coefficient (Wildman–Crippen LogP) is 4.74. The Morgan fingerprint density at radius 2 is 1.86 bits per heavy atom. The van der Waals surface area contributed by atoms with Crippen LogP contribution in [0, 0.1) is 11.2 Å². The minimum absolute atomic E-state index is 0.157. The van der Waals surface area contributed by atoms with Gasteiger partial charge in [0.05, 0.1) is 34.8 Å². The number of carbonyl (C=O) groups is 3. The summed E-state index contributed by atoms with van der Waals surface area (Å²) in [6, 6.07) is 19.2. The maximum atomic E-state index is 13.8. The summed E-state index contributed by atoms with van der Waals surface area (Å²) < 4.78 is 45.2. The summed E-state index contributed by atoms with van der Waals surface area (Å²) in [6.07, 6.45) is 8.14. The summed E-state index contributed by atoms with van der Waals surface area (Å²) in [5, 5.41) is 17.1. The molecule has 5 N–H and O–H groups in total. The second-order valence-corrected chi connectivity index (χ2v) is 17.8. The third-order valence-electron chi connectivity index (χ3n) is 11.3. The fourth-order valence-electron chi connectivity index (χ4n) is 8.12. The Balaban J connectivity index is 0.000000201. The highest BCUT2D eigenvalue weighted by Gasteiger charge is 2.45. The number of benzene rings is 3. The first-order valence-electron chi connectivity index (χ1n) is 20.5. The summed E-state index contributed by atoms with van der Waals surface area (Å²) >= 11 is 0. The van der Waals surface area contributed by atoms with E-state index in [1.807, 2.05) is 38.1 Å². The van der Waals surface area contributed by atoms with Crippen LogP contribution in [0.3, 0.4) is 0 Å². The van der Waals surface area contributed by atoms with Gasteiger partial charge in [0.1, 0.15) is 24.1 Å². The summed E-state index contributed by atoms with van der Waals surface area (Å²) in [5.41, 5.74) is 10.5. The van der Waals surface area contributed by atoms with Crippen LogP contribution in [0.2, 0.25) is 0 Å². The Hall–Kier alpha value is -6.89. The van der Waals surface area contributed by atoms with Crippen molar-refractivity contribution in [3.8, 4) is 5.75 Å². The molecule has 19 heteroatoms. The number of carbonyl (C=O) groups excluding carboxylic acids is 3. The van der Waals surface area contributed by atoms with Gasteiger partial charge in [-0.15, -0.1) is 5.10 Å². The van der Waals surface area contributed by atoms with Crippen LogP contribution in [0.5, 0.6) is 5.75 Å². The summed E-state index contributed by atoms with van der Waals surface area (Å²) in [5.74, 6) is -0.213. The van der Waals surface area contributed by atoms with Crippen molar-refractivity contribution in [1.29, 1.82) is 5.41 Å². The summed E-state index contributed by atoms with van der Waals surface area (Å²) in [6.45, 7) is 5.77. The highest BCUT2D eigenvalue weighted by Crippen LogP contribution is 2.40. The first-order valence-corrected chi connectivity index (χ1v) is 22.4. The van der Waals surface area contributed by atoms with Gasteiger partial charge < -0.3 is 46.0 Å². The number of aldehydes is 1. The zero-order valence-electron chi connectivity index (χ0n) is 35.4. The molecule has 2 saturated heterocycles. The lowest BCUT2D eigenvalue weighted by molar-refractivity contribution is -0.121. The Kier molecular flexibility index (Phi) is 13.1. The standard InChI is InChI=1S/C27H32N4O5S.C17H18FN7O/c1-28-26(33)11-9-21(17-32)31-15-18-13-20(8-10-23(18)27(31)34)30-16-25-24(30)7-4-12-29(25)19-5-3-6-22(14-19)37(2,35)36;1-10(2)26-15-14(11(7-19)8-20)21-9-25-16(15)23-17(24-25)22-13-6-4-3-5-12(13)18/h3,5-6,8,10,13-14,17,21,24-25H,4,7,9,11-12,15-16H2,1-2H3,(H,28,33);3-10,19H,20H2,1-2H3,(H,22,24)/b;11-8+,19-7?. The van der Waals surface area contributed by atoms with Gasteiger partial charge in [-0.05, 0) is 87.2 Å². The number of nitrogens with two attached hydrogens (primary N) is 1. The molecule has 0 spiro atoms. The van der Waals surface area contributed by atoms with Crippen LogP contribution in [0.1, 0.15) is 61.1 Å². The minimum Gasteiger partial charge on any atom is -0.485 e. The lowest BCUT2D eigenvalue weighted by Gasteiger charge is -2.57. The highest BCUT2D eigenvalue weighted by atomic mass is 32.2. The number of anilines is 4. The largest absolute Gasteiger partial charge is 0.485 e. The molecule has 8 rings (SSSR count). The number of amides is 2. The van der Waals surface area contributed by atoms with Gasteiger partial charge in [0.2, 0.25) is 17.5 Å². The number of aromatic nitrogens is 4. The number of rotatable bonds is 14. The molecule has 3 aliphatic heterocycles. The molecule has 2 fully saturated rings. The summed E-state index contributed by atoms with van der Waals surface area (Å²) in [7, 11) is -1.72. The average Bonchev–Trinajstić information content (AvgIpc) is 3.83. The predicted molar refractivity (Wildman–Crippen MR) is 238 cm³/mol. The zero-order valence-corrected chi connectivity index (χ0v) is 36.2. The molecule has 330 valence electrons. The van der Waals surface area contributed by atoms with Gasteiger partial charge in [-0.25, -0.2) is 17.8 Å². The van der Waals surface area contributed by atoms with Crippen molar-refractivity contribution >= 4 is 68.4 Å². The van der Waals surface area contributed by atoms with Crippen molar-refractivity contribution in [2.45, 2.75) is 75.2 Å². The third kappa shape index (κ3) is 9.33. The SMILES string of the molecule is CC(C)Oc1c(/C(C=N)=C/N)ncn2nc(Nc3ccccc3F)nc12.CNC(=O)CCC(C=O)N1Cc2cc(N3CC4C3CCCN4c3cccc(S(C)(=O)=O)c3)ccc2C1=O. The van der Waals surface area contributed by atoms with E-state index in [9.17, 15) is 27.2 Å². The number of nitrogens with zero attached hydrogens (tertiary/aromatic N) is 7. The van der Waals surface area contributed by atoms with E-state index in [2.05, 4.69) is 35.5 Å². The second-order valence-electron chi connectivity index (χ2n) is 15.7. The van der Waals surface area contributed by atoms with Crippen molar-refractivity contribution in [2.24, 2.45) is 5.73 Å². The first kappa shape index (κ1) is 44.2. The number of halogens is 1. The van der Waals surface area contributed by atoms with E-state index >= 15 is 0 Å². The molecular formula is C44H50FN11O6S. The Labute approximate surface area is 364 Å². The van der Waals surface area contributed by atoms with Gasteiger partial charge in [-0.2, -0.15) is 9.50 Å². The van der Waals surface area contributed by atoms with Gasteiger partial charge in [0.25, 0.3) is 5.91 Å². The number of para-hydroxylation sites is 1. The van der Waals surface area contributed by atoms with E-state index in [0.29, 0.717) is 58.2 Å². The lowest BCUT2D eigenvalue weighted by atomic mass is 9.85. The summed E-state index contributed by atoms with van der Waals surface area (Å²) in [4.78, 5) is 51.6. The smallest absolute Gasteiger partial charge is 0.255 e. The van der Waals surface area contributed by atoms with E-state index < -0.39 is 21.7 Å². The van der Waals surface area contributed by atoms with Gasteiger partial charge >= 0.3 is 0 Å². The molecule has 3 aliphatic rings. The van der Waals surface area contributed by atoms with Crippen molar-refractivity contribution < 1.29 is 31.9 Å². The molecule has 63 heavy (non-hydrogen) atoms. The van der Waals surface area contributed by atoms with Gasteiger partial charge in [0, 0.05) is 74.3 Å². The Bertz CT molecular complexity index is 2690. The van der Waals surface area contributed by atoms with Crippen LogP contribution in [0.4, 0.5) is 27.4 Å². The topological polar surface area (TPSA) is 221 Å². The molecule has 0 aliphatic carbocycles. The van der Waals surface area contributed by atoms with Crippen LogP contribution in [-0.2, 0) is 26.0 Å². The number of sulfone groups is 1. The zero-order chi connectivity index (χ0) is 45.0. The van der Waals surface area contributed by atoms with Crippen molar-refractivity contribution in [3.05, 3.63) is 102 Å². The number of ether oxygens (including phenoxy) is 1. The molecule has 0 radical (unpaired) electrons. The van der Waals surface area contributed by atoms with Crippen LogP contribution >= 0.6 is 0 Å². The molecule has 3 aromatic carbocycles. The van der Waals surface area contributed by atoms with Gasteiger partial charge in [-0.1, -0.05) is 18.2 Å². The molecule has 5 aromatic rings. The number of hydrogen-bond acceptors (Lipinski definition) is 14. The fraction of sp³-hybridized carbons (Fsp3) is 0.341. The molecule has 2 amide bonds. The minimum atomic E-state index is -3.27. The molecule has 3 unspecified atom stereocenters. The second kappa shape index (κ2) is 18.6. The van der Waals surface area contributed by atoms with Gasteiger partial charge in [-0.3, -0.25) is 9.59 Å². The Morgan fingerprint density at radius 1 is 1.08 bits per heavy atom. The molecular weight excluding hydrogens is 830 g/mol. The van der Waals surface area contributed by atoms with Crippen LogP contribution in [0.25, 0.3) is 11.2 Å².